The molecule has 0 amide bonds. The fourth-order valence-corrected chi connectivity index (χ4v) is 4.94. The van der Waals surface area contributed by atoms with Crippen molar-refractivity contribution in [2.75, 3.05) is 20.7 Å². The first-order valence-electron chi connectivity index (χ1n) is 10.8. The minimum absolute atomic E-state index is 0.114. The lowest BCUT2D eigenvalue weighted by molar-refractivity contribution is 0.177. The van der Waals surface area contributed by atoms with Gasteiger partial charge in [0.2, 0.25) is 0 Å². The fraction of sp³-hybridized carbons (Fsp3) is 0.591. The first-order valence-corrected chi connectivity index (χ1v) is 11.1. The molecular formula is C22H31ClN6O. The van der Waals surface area contributed by atoms with Crippen molar-refractivity contribution in [3.63, 3.8) is 0 Å². The van der Waals surface area contributed by atoms with Gasteiger partial charge >= 0.3 is 0 Å². The molecule has 1 atom stereocenters. The van der Waals surface area contributed by atoms with Crippen molar-refractivity contribution in [3.05, 3.63) is 46.5 Å². The lowest BCUT2D eigenvalue weighted by atomic mass is 9.79. The van der Waals surface area contributed by atoms with E-state index in [1.165, 1.54) is 31.2 Å². The van der Waals surface area contributed by atoms with Gasteiger partial charge < -0.3 is 15.4 Å². The molecule has 0 bridgehead atoms. The molecule has 1 aromatic carbocycles. The Morgan fingerprint density at radius 3 is 2.93 bits per heavy atom. The first-order chi connectivity index (χ1) is 14.6. The van der Waals surface area contributed by atoms with Crippen LogP contribution in [-0.2, 0) is 29.7 Å². The van der Waals surface area contributed by atoms with E-state index in [9.17, 15) is 0 Å². The molecule has 1 aromatic heterocycles. The van der Waals surface area contributed by atoms with Crippen LogP contribution in [0.5, 0.6) is 0 Å². The number of aliphatic imine (C=N–C) groups is 1. The molecule has 8 heteroatoms. The molecule has 4 rings (SSSR count). The number of fused-ring (bicyclic) bond motifs is 1. The van der Waals surface area contributed by atoms with Crippen molar-refractivity contribution >= 4 is 17.6 Å². The lowest BCUT2D eigenvalue weighted by Crippen LogP contribution is -2.50. The maximum absolute atomic E-state index is 6.29. The van der Waals surface area contributed by atoms with Gasteiger partial charge in [-0.05, 0) is 37.0 Å². The molecule has 0 spiro atoms. The largest absolute Gasteiger partial charge is 0.377 e. The number of ether oxygens (including phenoxy) is 1. The van der Waals surface area contributed by atoms with Crippen molar-refractivity contribution in [3.8, 4) is 0 Å². The number of benzene rings is 1. The van der Waals surface area contributed by atoms with E-state index in [-0.39, 0.29) is 11.5 Å². The van der Waals surface area contributed by atoms with Crippen LogP contribution >= 0.6 is 11.6 Å². The molecule has 7 nitrogen and oxygen atoms in total. The Labute approximate surface area is 183 Å². The van der Waals surface area contributed by atoms with Crippen molar-refractivity contribution in [2.24, 2.45) is 4.99 Å². The quantitative estimate of drug-likeness (QED) is 0.544. The van der Waals surface area contributed by atoms with Gasteiger partial charge in [-0.1, -0.05) is 36.6 Å². The highest BCUT2D eigenvalue weighted by atomic mass is 35.5. The zero-order valence-electron chi connectivity index (χ0n) is 17.8. The average molecular weight is 431 g/mol. The Morgan fingerprint density at radius 1 is 1.37 bits per heavy atom. The summed E-state index contributed by atoms with van der Waals surface area (Å²) >= 11 is 6.29. The van der Waals surface area contributed by atoms with Gasteiger partial charge in [0.1, 0.15) is 12.4 Å². The highest BCUT2D eigenvalue weighted by Crippen LogP contribution is 2.41. The summed E-state index contributed by atoms with van der Waals surface area (Å²) in [5.74, 6) is 2.63. The minimum Gasteiger partial charge on any atom is -0.377 e. The maximum atomic E-state index is 6.29. The molecule has 0 radical (unpaired) electrons. The summed E-state index contributed by atoms with van der Waals surface area (Å²) < 4.78 is 7.15. The van der Waals surface area contributed by atoms with Crippen LogP contribution in [0, 0.1) is 0 Å². The lowest BCUT2D eigenvalue weighted by Gasteiger charge is -2.32. The van der Waals surface area contributed by atoms with Crippen molar-refractivity contribution < 1.29 is 4.74 Å². The van der Waals surface area contributed by atoms with Crippen LogP contribution in [0.4, 0.5) is 0 Å². The summed E-state index contributed by atoms with van der Waals surface area (Å²) in [6.45, 7) is 2.09. The van der Waals surface area contributed by atoms with Gasteiger partial charge in [0.15, 0.2) is 11.8 Å². The van der Waals surface area contributed by atoms with E-state index >= 15 is 0 Å². The Bertz CT molecular complexity index is 890. The summed E-state index contributed by atoms with van der Waals surface area (Å²) in [5.41, 5.74) is 1.44. The van der Waals surface area contributed by atoms with Gasteiger partial charge in [-0.25, -0.2) is 9.67 Å². The zero-order valence-corrected chi connectivity index (χ0v) is 18.6. The predicted octanol–water partition coefficient (Wildman–Crippen LogP) is 3.07. The number of methoxy groups -OCH3 is 1. The summed E-state index contributed by atoms with van der Waals surface area (Å²) in [4.78, 5) is 9.03. The predicted molar refractivity (Wildman–Crippen MR) is 119 cm³/mol. The standard InChI is InChI=1S/C22H31ClN6O/c1-24-21(26-18-8-9-20-27-19(14-30-2)28-29(20)13-18)25-15-22(10-3-4-11-22)16-6-5-7-17(23)12-16/h5-7,12,18H,3-4,8-11,13-15H2,1-2H3,(H2,24,25,26). The number of aryl methyl sites for hydroxylation is 1. The van der Waals surface area contributed by atoms with Gasteiger partial charge in [0, 0.05) is 43.6 Å². The number of rotatable bonds is 6. The van der Waals surface area contributed by atoms with E-state index in [0.29, 0.717) is 6.61 Å². The summed E-state index contributed by atoms with van der Waals surface area (Å²) in [6.07, 6.45) is 6.75. The second-order valence-corrected chi connectivity index (χ2v) is 8.80. The number of hydrogen-bond acceptors (Lipinski definition) is 4. The van der Waals surface area contributed by atoms with Crippen LogP contribution in [0.15, 0.2) is 29.3 Å². The number of nitrogens with zero attached hydrogens (tertiary/aromatic N) is 4. The minimum atomic E-state index is 0.114. The van der Waals surface area contributed by atoms with E-state index in [4.69, 9.17) is 16.3 Å². The van der Waals surface area contributed by atoms with Crippen molar-refractivity contribution in [1.29, 1.82) is 0 Å². The van der Waals surface area contributed by atoms with Crippen LogP contribution < -0.4 is 10.6 Å². The van der Waals surface area contributed by atoms with Gasteiger partial charge in [-0.3, -0.25) is 4.99 Å². The number of halogens is 1. The van der Waals surface area contributed by atoms with Crippen LogP contribution in [0.25, 0.3) is 0 Å². The Morgan fingerprint density at radius 2 is 2.20 bits per heavy atom. The van der Waals surface area contributed by atoms with E-state index in [1.54, 1.807) is 7.11 Å². The van der Waals surface area contributed by atoms with Gasteiger partial charge in [-0.15, -0.1) is 0 Å². The zero-order chi connectivity index (χ0) is 21.0. The molecule has 1 unspecified atom stereocenters. The number of aromatic nitrogens is 3. The number of nitrogens with one attached hydrogen (secondary N) is 2. The molecule has 1 aliphatic carbocycles. The maximum Gasteiger partial charge on any atom is 0.191 e. The SMILES string of the molecule is CN=C(NCC1(c2cccc(Cl)c2)CCCC1)NC1CCc2nc(COC)nn2C1. The molecule has 1 fully saturated rings. The molecule has 1 saturated carbocycles. The third-order valence-corrected chi connectivity index (χ3v) is 6.57. The van der Waals surface area contributed by atoms with Crippen LogP contribution in [-0.4, -0.2) is 47.5 Å². The molecule has 162 valence electrons. The second kappa shape index (κ2) is 9.35. The third-order valence-electron chi connectivity index (χ3n) is 6.33. The molecule has 1 aliphatic heterocycles. The normalized spacial score (nSPS) is 20.8. The topological polar surface area (TPSA) is 76.4 Å². The molecule has 2 N–H and O–H groups in total. The Kier molecular flexibility index (Phi) is 6.58. The van der Waals surface area contributed by atoms with Gasteiger partial charge in [0.25, 0.3) is 0 Å². The molecule has 30 heavy (non-hydrogen) atoms. The van der Waals surface area contributed by atoms with E-state index in [0.717, 1.165) is 48.6 Å². The van der Waals surface area contributed by atoms with E-state index < -0.39 is 0 Å². The average Bonchev–Trinajstić information content (AvgIpc) is 3.38. The van der Waals surface area contributed by atoms with E-state index in [1.807, 2.05) is 17.8 Å². The fourth-order valence-electron chi connectivity index (χ4n) is 4.75. The molecule has 2 aromatic rings. The number of guanidine groups is 1. The molecule has 2 aliphatic rings. The summed E-state index contributed by atoms with van der Waals surface area (Å²) in [6, 6.07) is 8.60. The molecule has 0 saturated heterocycles. The smallest absolute Gasteiger partial charge is 0.191 e. The van der Waals surface area contributed by atoms with Crippen LogP contribution in [0.1, 0.15) is 49.3 Å². The van der Waals surface area contributed by atoms with Crippen molar-refractivity contribution in [1.82, 2.24) is 25.4 Å². The summed E-state index contributed by atoms with van der Waals surface area (Å²) in [5, 5.41) is 12.5. The Balaban J connectivity index is 1.39. The van der Waals surface area contributed by atoms with Gasteiger partial charge in [-0.2, -0.15) is 5.10 Å². The third kappa shape index (κ3) is 4.62. The molecule has 2 heterocycles. The van der Waals surface area contributed by atoms with Crippen LogP contribution in [0.2, 0.25) is 5.02 Å². The first kappa shape index (κ1) is 21.1. The highest BCUT2D eigenvalue weighted by Gasteiger charge is 2.36. The van der Waals surface area contributed by atoms with Crippen LogP contribution in [0.3, 0.4) is 0 Å². The number of hydrogen-bond donors (Lipinski definition) is 2. The second-order valence-electron chi connectivity index (χ2n) is 8.36. The monoisotopic (exact) mass is 430 g/mol. The molecular weight excluding hydrogens is 400 g/mol. The Hall–Kier alpha value is -2.12. The van der Waals surface area contributed by atoms with Gasteiger partial charge in [0.05, 0.1) is 6.54 Å². The van der Waals surface area contributed by atoms with Crippen molar-refractivity contribution in [2.45, 2.75) is 63.1 Å². The summed E-state index contributed by atoms with van der Waals surface area (Å²) in [7, 11) is 3.50. The van der Waals surface area contributed by atoms with E-state index in [2.05, 4.69) is 43.9 Å². The highest BCUT2D eigenvalue weighted by molar-refractivity contribution is 6.30.